The van der Waals surface area contributed by atoms with Gasteiger partial charge in [-0.3, -0.25) is 0 Å². The average molecular weight is 224 g/mol. The molecule has 0 amide bonds. The lowest BCUT2D eigenvalue weighted by Gasteiger charge is -2.11. The van der Waals surface area contributed by atoms with Crippen LogP contribution in [-0.4, -0.2) is 5.71 Å². The van der Waals surface area contributed by atoms with Crippen molar-refractivity contribution in [3.05, 3.63) is 40.6 Å². The Labute approximate surface area is 93.3 Å². The minimum absolute atomic E-state index is 0.0579. The lowest BCUT2D eigenvalue weighted by molar-refractivity contribution is 0.566. The van der Waals surface area contributed by atoms with E-state index >= 15 is 0 Å². The van der Waals surface area contributed by atoms with Crippen LogP contribution >= 0.6 is 0 Å². The molecule has 1 rings (SSSR count). The Morgan fingerprint density at radius 3 is 2.25 bits per heavy atom. The van der Waals surface area contributed by atoms with Crippen LogP contribution in [-0.2, 0) is 0 Å². The van der Waals surface area contributed by atoms with Gasteiger partial charge in [0.25, 0.3) is 0 Å². The van der Waals surface area contributed by atoms with Crippen molar-refractivity contribution >= 4 is 11.3 Å². The molecule has 0 fully saturated rings. The van der Waals surface area contributed by atoms with Gasteiger partial charge in [-0.1, -0.05) is 0 Å². The lowest BCUT2D eigenvalue weighted by Crippen LogP contribution is -2.07. The number of hydrogen-bond donors (Lipinski definition) is 2. The van der Waals surface area contributed by atoms with Gasteiger partial charge in [-0.05, 0) is 32.9 Å². The largest absolute Gasteiger partial charge is 0.402 e. The van der Waals surface area contributed by atoms with E-state index in [0.29, 0.717) is 11.3 Å². The molecule has 0 aliphatic carbocycles. The van der Waals surface area contributed by atoms with Gasteiger partial charge in [-0.2, -0.15) is 0 Å². The van der Waals surface area contributed by atoms with E-state index < -0.39 is 11.6 Å². The first-order chi connectivity index (χ1) is 7.36. The summed E-state index contributed by atoms with van der Waals surface area (Å²) in [5.74, 6) is -1.26. The van der Waals surface area contributed by atoms with Gasteiger partial charge in [-0.25, -0.2) is 8.78 Å². The third-order valence-electron chi connectivity index (χ3n) is 2.36. The smallest absolute Gasteiger partial charge is 0.136 e. The molecule has 16 heavy (non-hydrogen) atoms. The van der Waals surface area contributed by atoms with Crippen LogP contribution in [0.1, 0.15) is 25.0 Å². The fraction of sp³-hybridized carbons (Fsp3) is 0.250. The quantitative estimate of drug-likeness (QED) is 0.745. The highest BCUT2D eigenvalue weighted by Crippen LogP contribution is 2.24. The zero-order valence-corrected chi connectivity index (χ0v) is 9.49. The summed E-state index contributed by atoms with van der Waals surface area (Å²) in [7, 11) is 0. The van der Waals surface area contributed by atoms with Gasteiger partial charge in [0.2, 0.25) is 0 Å². The second kappa shape index (κ2) is 4.43. The molecule has 0 aliphatic heterocycles. The molecule has 3 N–H and O–H groups in total. The highest BCUT2D eigenvalue weighted by atomic mass is 19.1. The van der Waals surface area contributed by atoms with Crippen LogP contribution in [0.4, 0.5) is 8.78 Å². The van der Waals surface area contributed by atoms with E-state index in [1.165, 1.54) is 26.0 Å². The Hall–Kier alpha value is -1.71. The minimum atomic E-state index is -0.661. The summed E-state index contributed by atoms with van der Waals surface area (Å²) in [5, 5.41) is 7.54. The summed E-state index contributed by atoms with van der Waals surface area (Å²) < 4.78 is 26.9. The topological polar surface area (TPSA) is 49.9 Å². The normalized spacial score (nSPS) is 12.3. The van der Waals surface area contributed by atoms with Gasteiger partial charge in [0.1, 0.15) is 11.6 Å². The van der Waals surface area contributed by atoms with Crippen molar-refractivity contribution in [1.82, 2.24) is 0 Å². The number of benzene rings is 1. The Balaban J connectivity index is 3.51. The molecule has 0 radical (unpaired) electrons. The molecule has 0 saturated carbocycles. The van der Waals surface area contributed by atoms with Crippen LogP contribution in [0.3, 0.4) is 0 Å². The Morgan fingerprint density at radius 1 is 1.25 bits per heavy atom. The summed E-state index contributed by atoms with van der Waals surface area (Å²) in [6, 6.07) is 2.49. The average Bonchev–Trinajstić information content (AvgIpc) is 2.17. The summed E-state index contributed by atoms with van der Waals surface area (Å²) in [4.78, 5) is 0. The predicted molar refractivity (Wildman–Crippen MR) is 61.3 cm³/mol. The molecule has 86 valence electrons. The molecule has 1 aromatic rings. The SMILES string of the molecule is CC(=N)/C(=C(/C)N)c1ccc(F)c(C)c1F. The summed E-state index contributed by atoms with van der Waals surface area (Å²) in [6.07, 6.45) is 0. The maximum atomic E-state index is 13.8. The summed E-state index contributed by atoms with van der Waals surface area (Å²) >= 11 is 0. The van der Waals surface area contributed by atoms with Gasteiger partial charge >= 0.3 is 0 Å². The van der Waals surface area contributed by atoms with Crippen LogP contribution in [0.5, 0.6) is 0 Å². The third kappa shape index (κ3) is 2.10. The molecule has 0 bridgehead atoms. The standard InChI is InChI=1S/C12H14F2N2/c1-6-10(13)5-4-9(12(6)14)11(7(2)15)8(3)16/h4-5,15H,16H2,1-3H3/b11-8+,15-7?. The van der Waals surface area contributed by atoms with E-state index in [2.05, 4.69) is 0 Å². The molecule has 0 aromatic heterocycles. The highest BCUT2D eigenvalue weighted by Gasteiger charge is 2.15. The van der Waals surface area contributed by atoms with Gasteiger partial charge in [0.15, 0.2) is 0 Å². The maximum Gasteiger partial charge on any atom is 0.136 e. The van der Waals surface area contributed by atoms with Crippen LogP contribution in [0.25, 0.3) is 5.57 Å². The van der Waals surface area contributed by atoms with Gasteiger partial charge in [0.05, 0.1) is 0 Å². The van der Waals surface area contributed by atoms with E-state index in [0.717, 1.165) is 0 Å². The molecular formula is C12H14F2N2. The molecule has 1 aromatic carbocycles. The number of hydrogen-bond acceptors (Lipinski definition) is 2. The fourth-order valence-electron chi connectivity index (χ4n) is 1.56. The predicted octanol–water partition coefficient (Wildman–Crippen LogP) is 3.00. The molecule has 2 nitrogen and oxygen atoms in total. The summed E-state index contributed by atoms with van der Waals surface area (Å²) in [6.45, 7) is 4.46. The van der Waals surface area contributed by atoms with Gasteiger partial charge in [0, 0.05) is 28.1 Å². The molecule has 0 spiro atoms. The first-order valence-corrected chi connectivity index (χ1v) is 4.83. The molecule has 0 heterocycles. The molecule has 0 saturated heterocycles. The van der Waals surface area contributed by atoms with E-state index in [9.17, 15) is 8.78 Å². The fourth-order valence-corrected chi connectivity index (χ4v) is 1.56. The van der Waals surface area contributed by atoms with Gasteiger partial charge < -0.3 is 11.1 Å². The highest BCUT2D eigenvalue weighted by molar-refractivity contribution is 6.21. The number of nitrogens with two attached hydrogens (primary N) is 1. The van der Waals surface area contributed by atoms with E-state index in [1.807, 2.05) is 0 Å². The van der Waals surface area contributed by atoms with Crippen molar-refractivity contribution in [1.29, 1.82) is 5.41 Å². The Bertz CT molecular complexity index is 472. The maximum absolute atomic E-state index is 13.8. The third-order valence-corrected chi connectivity index (χ3v) is 2.36. The van der Waals surface area contributed by atoms with Crippen LogP contribution in [0.2, 0.25) is 0 Å². The number of nitrogens with one attached hydrogen (secondary N) is 1. The van der Waals surface area contributed by atoms with Crippen molar-refractivity contribution in [2.24, 2.45) is 5.73 Å². The monoisotopic (exact) mass is 224 g/mol. The molecule has 0 unspecified atom stereocenters. The van der Waals surface area contributed by atoms with Crippen LogP contribution in [0, 0.1) is 24.0 Å². The van der Waals surface area contributed by atoms with Crippen LogP contribution < -0.4 is 5.73 Å². The van der Waals surface area contributed by atoms with Crippen molar-refractivity contribution in [2.45, 2.75) is 20.8 Å². The second-order valence-electron chi connectivity index (χ2n) is 3.72. The number of rotatable bonds is 2. The van der Waals surface area contributed by atoms with Crippen molar-refractivity contribution in [3.8, 4) is 0 Å². The van der Waals surface area contributed by atoms with Crippen molar-refractivity contribution in [3.63, 3.8) is 0 Å². The van der Waals surface area contributed by atoms with Gasteiger partial charge in [-0.15, -0.1) is 0 Å². The minimum Gasteiger partial charge on any atom is -0.402 e. The zero-order chi connectivity index (χ0) is 12.5. The van der Waals surface area contributed by atoms with Crippen molar-refractivity contribution in [2.75, 3.05) is 0 Å². The Kier molecular flexibility index (Phi) is 3.42. The molecule has 4 heteroatoms. The summed E-state index contributed by atoms with van der Waals surface area (Å²) in [5.41, 5.74) is 6.54. The van der Waals surface area contributed by atoms with E-state index in [4.69, 9.17) is 11.1 Å². The van der Waals surface area contributed by atoms with E-state index in [1.54, 1.807) is 6.92 Å². The molecule has 0 atom stereocenters. The first kappa shape index (κ1) is 12.4. The van der Waals surface area contributed by atoms with Crippen LogP contribution in [0.15, 0.2) is 17.8 Å². The zero-order valence-electron chi connectivity index (χ0n) is 9.49. The molecular weight excluding hydrogens is 210 g/mol. The van der Waals surface area contributed by atoms with E-state index in [-0.39, 0.29) is 16.8 Å². The first-order valence-electron chi connectivity index (χ1n) is 4.83. The second-order valence-corrected chi connectivity index (χ2v) is 3.72. The number of halogens is 2. The number of allylic oxidation sites excluding steroid dienone is 2. The van der Waals surface area contributed by atoms with Crippen molar-refractivity contribution < 1.29 is 8.78 Å². The Morgan fingerprint density at radius 2 is 1.81 bits per heavy atom. The molecule has 0 aliphatic rings. The lowest BCUT2D eigenvalue weighted by atomic mass is 9.97.